The van der Waals surface area contributed by atoms with Gasteiger partial charge in [0.2, 0.25) is 9.70 Å². The molecule has 0 unspecified atom stereocenters. The number of alkyl halides is 3. The van der Waals surface area contributed by atoms with Gasteiger partial charge < -0.3 is 16.0 Å². The van der Waals surface area contributed by atoms with Gasteiger partial charge >= 0.3 is 0 Å². The molecule has 1 amide bonds. The first-order valence-corrected chi connectivity index (χ1v) is 11.5. The summed E-state index contributed by atoms with van der Waals surface area (Å²) in [7, 11) is 0. The summed E-state index contributed by atoms with van der Waals surface area (Å²) in [6.45, 7) is 0. The number of para-hydroxylation sites is 2. The van der Waals surface area contributed by atoms with E-state index in [1.807, 2.05) is 60.7 Å². The fourth-order valence-electron chi connectivity index (χ4n) is 3.24. The summed E-state index contributed by atoms with van der Waals surface area (Å²) in [4.78, 5) is 24.1. The lowest BCUT2D eigenvalue weighted by Gasteiger charge is -2.29. The molecule has 0 aliphatic carbocycles. The van der Waals surface area contributed by atoms with Gasteiger partial charge in [-0.15, -0.1) is 0 Å². The van der Waals surface area contributed by atoms with Crippen LogP contribution in [0.4, 0.5) is 11.4 Å². The van der Waals surface area contributed by atoms with Crippen LogP contribution in [0.25, 0.3) is 0 Å². The van der Waals surface area contributed by atoms with E-state index in [9.17, 15) is 14.9 Å². The summed E-state index contributed by atoms with van der Waals surface area (Å²) >= 11 is 23.6. The first-order valence-electron chi connectivity index (χ1n) is 9.94. The molecular weight excluding hydrogens is 519 g/mol. The zero-order valence-corrected chi connectivity index (χ0v) is 20.5. The van der Waals surface area contributed by atoms with Gasteiger partial charge in [0.1, 0.15) is 11.9 Å². The molecule has 3 rings (SSSR count). The van der Waals surface area contributed by atoms with Crippen LogP contribution in [0.5, 0.6) is 0 Å². The molecular formula is C23H19Cl3N4O3S. The minimum atomic E-state index is -2.00. The summed E-state index contributed by atoms with van der Waals surface area (Å²) in [6.07, 6.45) is -1.25. The van der Waals surface area contributed by atoms with Gasteiger partial charge in [-0.25, -0.2) is 0 Å². The summed E-state index contributed by atoms with van der Waals surface area (Å²) in [5, 5.41) is 19.3. The second-order valence-corrected chi connectivity index (χ2v) is 9.89. The van der Waals surface area contributed by atoms with Crippen molar-refractivity contribution >= 4 is 69.4 Å². The van der Waals surface area contributed by atoms with Gasteiger partial charge in [-0.05, 0) is 29.4 Å². The average Bonchev–Trinajstić information content (AvgIpc) is 2.80. The SMILES string of the molecule is O=C(N[C@H](NC(=S)Nc1ccccc1[N+](=O)[O-])C(Cl)(Cl)Cl)C(c1ccccc1)c1ccccc1. The first-order chi connectivity index (χ1) is 16.2. The molecule has 7 nitrogen and oxygen atoms in total. The molecule has 0 spiro atoms. The van der Waals surface area contributed by atoms with Crippen LogP contribution in [0.2, 0.25) is 0 Å². The number of amides is 1. The van der Waals surface area contributed by atoms with E-state index in [-0.39, 0.29) is 16.5 Å². The third-order valence-corrected chi connectivity index (χ3v) is 5.64. The number of rotatable bonds is 7. The van der Waals surface area contributed by atoms with Gasteiger partial charge in [0, 0.05) is 6.07 Å². The summed E-state index contributed by atoms with van der Waals surface area (Å²) < 4.78 is -2.00. The zero-order valence-electron chi connectivity index (χ0n) is 17.5. The number of benzene rings is 3. The van der Waals surface area contributed by atoms with Crippen molar-refractivity contribution in [2.24, 2.45) is 0 Å². The Morgan fingerprint density at radius 1 is 0.853 bits per heavy atom. The maximum Gasteiger partial charge on any atom is 0.292 e. The number of carbonyl (C=O) groups is 1. The van der Waals surface area contributed by atoms with E-state index < -0.39 is 26.7 Å². The van der Waals surface area contributed by atoms with Crippen molar-refractivity contribution in [2.45, 2.75) is 15.9 Å². The highest BCUT2D eigenvalue weighted by molar-refractivity contribution is 7.80. The van der Waals surface area contributed by atoms with Crippen molar-refractivity contribution in [3.05, 3.63) is 106 Å². The molecule has 0 aliphatic heterocycles. The number of thiocarbonyl (C=S) groups is 1. The molecule has 11 heteroatoms. The lowest BCUT2D eigenvalue weighted by atomic mass is 9.90. The van der Waals surface area contributed by atoms with Crippen LogP contribution in [-0.4, -0.2) is 25.9 Å². The Labute approximate surface area is 216 Å². The van der Waals surface area contributed by atoms with Gasteiger partial charge in [-0.3, -0.25) is 14.9 Å². The molecule has 1 atom stereocenters. The van der Waals surface area contributed by atoms with E-state index in [1.165, 1.54) is 18.2 Å². The van der Waals surface area contributed by atoms with Crippen LogP contribution in [0, 0.1) is 10.1 Å². The Bertz CT molecular complexity index is 1120. The van der Waals surface area contributed by atoms with Crippen molar-refractivity contribution in [1.29, 1.82) is 0 Å². The number of nitro groups is 1. The molecule has 3 aromatic rings. The number of nitro benzene ring substituents is 1. The molecule has 0 aliphatic rings. The zero-order chi connectivity index (χ0) is 24.7. The van der Waals surface area contributed by atoms with E-state index in [1.54, 1.807) is 6.07 Å². The topological polar surface area (TPSA) is 96.3 Å². The third-order valence-electron chi connectivity index (χ3n) is 4.77. The van der Waals surface area contributed by atoms with Crippen molar-refractivity contribution in [3.8, 4) is 0 Å². The Morgan fingerprint density at radius 2 is 1.35 bits per heavy atom. The monoisotopic (exact) mass is 536 g/mol. The molecule has 3 N–H and O–H groups in total. The highest BCUT2D eigenvalue weighted by atomic mass is 35.6. The Kier molecular flexibility index (Phi) is 8.68. The van der Waals surface area contributed by atoms with Crippen LogP contribution in [0.1, 0.15) is 17.0 Å². The maximum atomic E-state index is 13.4. The van der Waals surface area contributed by atoms with Crippen LogP contribution in [0.15, 0.2) is 84.9 Å². The van der Waals surface area contributed by atoms with Gasteiger partial charge in [0.25, 0.3) is 5.69 Å². The lowest BCUT2D eigenvalue weighted by Crippen LogP contribution is -2.57. The number of anilines is 1. The molecule has 0 saturated carbocycles. The molecule has 0 fully saturated rings. The molecule has 3 aromatic carbocycles. The Balaban J connectivity index is 1.82. The van der Waals surface area contributed by atoms with Crippen LogP contribution in [0.3, 0.4) is 0 Å². The predicted octanol–water partition coefficient (Wildman–Crippen LogP) is 5.53. The van der Waals surface area contributed by atoms with E-state index in [0.717, 1.165) is 11.1 Å². The summed E-state index contributed by atoms with van der Waals surface area (Å²) in [5.74, 6) is -1.12. The average molecular weight is 538 g/mol. The standard InChI is InChI=1S/C23H19Cl3N4O3S/c24-23(25,26)21(29-22(34)27-17-13-7-8-14-18(17)30(32)33)28-20(31)19(15-9-3-1-4-10-15)16-11-5-2-6-12-16/h1-14,19,21H,(H,28,31)(H2,27,29,34)/t21-/m1/s1. The van der Waals surface area contributed by atoms with E-state index >= 15 is 0 Å². The van der Waals surface area contributed by atoms with E-state index in [4.69, 9.17) is 47.0 Å². The first kappa shape index (κ1) is 25.7. The number of nitrogens with one attached hydrogen (secondary N) is 3. The predicted molar refractivity (Wildman–Crippen MR) is 139 cm³/mol. The molecule has 0 bridgehead atoms. The fraction of sp³-hybridized carbons (Fsp3) is 0.130. The Hall–Kier alpha value is -2.91. The van der Waals surface area contributed by atoms with E-state index in [2.05, 4.69) is 16.0 Å². The van der Waals surface area contributed by atoms with Crippen LogP contribution >= 0.6 is 47.0 Å². The number of carbonyl (C=O) groups excluding carboxylic acids is 1. The number of halogens is 3. The quantitative estimate of drug-likeness (QED) is 0.121. The minimum Gasteiger partial charge on any atom is -0.339 e. The molecule has 0 heterocycles. The normalized spacial score (nSPS) is 12.0. The van der Waals surface area contributed by atoms with Gasteiger partial charge in [0.15, 0.2) is 5.11 Å². The van der Waals surface area contributed by atoms with Gasteiger partial charge in [-0.1, -0.05) is 108 Å². The highest BCUT2D eigenvalue weighted by Gasteiger charge is 2.37. The smallest absolute Gasteiger partial charge is 0.292 e. The molecule has 176 valence electrons. The van der Waals surface area contributed by atoms with Gasteiger partial charge in [-0.2, -0.15) is 0 Å². The van der Waals surface area contributed by atoms with Crippen molar-refractivity contribution in [2.75, 3.05) is 5.32 Å². The number of hydrogen-bond acceptors (Lipinski definition) is 4. The second kappa shape index (κ2) is 11.5. The lowest BCUT2D eigenvalue weighted by molar-refractivity contribution is -0.383. The second-order valence-electron chi connectivity index (χ2n) is 7.11. The van der Waals surface area contributed by atoms with Crippen LogP contribution in [-0.2, 0) is 4.79 Å². The van der Waals surface area contributed by atoms with E-state index in [0.29, 0.717) is 0 Å². The fourth-order valence-corrected chi connectivity index (χ4v) is 3.79. The maximum absolute atomic E-state index is 13.4. The largest absolute Gasteiger partial charge is 0.339 e. The van der Waals surface area contributed by atoms with Crippen molar-refractivity contribution in [1.82, 2.24) is 10.6 Å². The van der Waals surface area contributed by atoms with Crippen molar-refractivity contribution in [3.63, 3.8) is 0 Å². The summed E-state index contributed by atoms with van der Waals surface area (Å²) in [5.41, 5.74) is 1.45. The molecule has 0 aromatic heterocycles. The van der Waals surface area contributed by atoms with Crippen molar-refractivity contribution < 1.29 is 9.72 Å². The molecule has 34 heavy (non-hydrogen) atoms. The number of nitrogens with zero attached hydrogens (tertiary/aromatic N) is 1. The highest BCUT2D eigenvalue weighted by Crippen LogP contribution is 2.31. The van der Waals surface area contributed by atoms with Crippen LogP contribution < -0.4 is 16.0 Å². The Morgan fingerprint density at radius 3 is 1.85 bits per heavy atom. The number of hydrogen-bond donors (Lipinski definition) is 3. The summed E-state index contributed by atoms with van der Waals surface area (Å²) in [6, 6.07) is 24.3. The molecule has 0 radical (unpaired) electrons. The third kappa shape index (κ3) is 6.80. The van der Waals surface area contributed by atoms with Gasteiger partial charge in [0.05, 0.1) is 10.8 Å². The molecule has 0 saturated heterocycles. The minimum absolute atomic E-state index is 0.0816.